The number of rotatable bonds is 12. The number of para-hydroxylation sites is 6. The van der Waals surface area contributed by atoms with E-state index in [9.17, 15) is 0 Å². The van der Waals surface area contributed by atoms with Crippen molar-refractivity contribution in [3.63, 3.8) is 0 Å². The molecular weight excluding hydrogens is 1040 g/mol. The molecule has 0 N–H and O–H groups in total. The van der Waals surface area contributed by atoms with Crippen LogP contribution in [-0.4, -0.2) is 19.1 Å². The summed E-state index contributed by atoms with van der Waals surface area (Å²) in [5.74, 6) is 0.306. The molecule has 0 fully saturated rings. The quantitative estimate of drug-likeness (QED) is 0.122. The van der Waals surface area contributed by atoms with E-state index in [2.05, 4.69) is 328 Å². The lowest BCUT2D eigenvalue weighted by Gasteiger charge is -2.29. The molecule has 15 aromatic rings. The molecule has 0 aliphatic heterocycles. The van der Waals surface area contributed by atoms with Crippen molar-refractivity contribution in [2.24, 2.45) is 0 Å². The number of hydrogen-bond donors (Lipinski definition) is 0. The number of aromatic nitrogens is 4. The van der Waals surface area contributed by atoms with Crippen LogP contribution in [0.1, 0.15) is 17.9 Å². The highest BCUT2D eigenvalue weighted by Crippen LogP contribution is 2.42. The molecule has 0 bridgehead atoms. The predicted octanol–water partition coefficient (Wildman–Crippen LogP) is 21.1. The molecular formula is C80H56N6. The van der Waals surface area contributed by atoms with Gasteiger partial charge in [-0.05, 0) is 151 Å². The highest BCUT2D eigenvalue weighted by atomic mass is 15.2. The monoisotopic (exact) mass is 1100 g/mol. The molecule has 16 rings (SSSR count). The fraction of sp³-hybridized carbons (Fsp3) is 0.0250. The Kier molecular flexibility index (Phi) is 12.6. The van der Waals surface area contributed by atoms with Gasteiger partial charge in [-0.2, -0.15) is 0 Å². The minimum Gasteiger partial charge on any atom is -0.311 e. The molecule has 0 saturated heterocycles. The molecule has 6 heteroatoms. The van der Waals surface area contributed by atoms with E-state index in [4.69, 9.17) is 9.97 Å². The van der Waals surface area contributed by atoms with Gasteiger partial charge in [-0.15, -0.1) is 0 Å². The normalized spacial score (nSPS) is 13.2. The van der Waals surface area contributed by atoms with Gasteiger partial charge in [-0.1, -0.05) is 194 Å². The minimum atomic E-state index is 0.306. The molecule has 12 aromatic carbocycles. The molecule has 0 saturated carbocycles. The Hall–Kier alpha value is -11.3. The van der Waals surface area contributed by atoms with Crippen molar-refractivity contribution < 1.29 is 0 Å². The fourth-order valence-corrected chi connectivity index (χ4v) is 12.9. The first-order chi connectivity index (χ1) is 42.6. The zero-order valence-corrected chi connectivity index (χ0v) is 47.1. The lowest BCUT2D eigenvalue weighted by molar-refractivity contribution is 0.840. The van der Waals surface area contributed by atoms with Crippen LogP contribution in [-0.2, 0) is 0 Å². The number of hydrogen-bond acceptors (Lipinski definition) is 4. The Balaban J connectivity index is 0.762. The summed E-state index contributed by atoms with van der Waals surface area (Å²) in [6.45, 7) is 0. The van der Waals surface area contributed by atoms with Crippen molar-refractivity contribution in [1.82, 2.24) is 19.1 Å². The van der Waals surface area contributed by atoms with Crippen LogP contribution in [0.2, 0.25) is 0 Å². The maximum Gasteiger partial charge on any atom is 0.0973 e. The minimum absolute atomic E-state index is 0.306. The largest absolute Gasteiger partial charge is 0.311 e. The van der Waals surface area contributed by atoms with Crippen molar-refractivity contribution in [2.75, 3.05) is 9.80 Å². The van der Waals surface area contributed by atoms with E-state index in [1.54, 1.807) is 0 Å². The zero-order chi connectivity index (χ0) is 56.9. The Morgan fingerprint density at radius 1 is 0.302 bits per heavy atom. The molecule has 1 unspecified atom stereocenters. The van der Waals surface area contributed by atoms with Crippen LogP contribution in [0, 0.1) is 0 Å². The molecule has 0 spiro atoms. The Bertz CT molecular complexity index is 4940. The van der Waals surface area contributed by atoms with Gasteiger partial charge < -0.3 is 18.9 Å². The summed E-state index contributed by atoms with van der Waals surface area (Å²) >= 11 is 0. The summed E-state index contributed by atoms with van der Waals surface area (Å²) in [7, 11) is 0. The van der Waals surface area contributed by atoms with Gasteiger partial charge in [0.2, 0.25) is 0 Å². The van der Waals surface area contributed by atoms with E-state index in [0.717, 1.165) is 85.5 Å². The predicted molar refractivity (Wildman–Crippen MR) is 359 cm³/mol. The summed E-state index contributed by atoms with van der Waals surface area (Å²) in [5, 5.41) is 4.98. The first-order valence-electron chi connectivity index (χ1n) is 29.5. The van der Waals surface area contributed by atoms with Crippen LogP contribution in [0.5, 0.6) is 0 Å². The van der Waals surface area contributed by atoms with Gasteiger partial charge in [0.1, 0.15) is 0 Å². The molecule has 406 valence electrons. The van der Waals surface area contributed by atoms with Crippen molar-refractivity contribution in [1.29, 1.82) is 0 Å². The van der Waals surface area contributed by atoms with E-state index in [-0.39, 0.29) is 0 Å². The van der Waals surface area contributed by atoms with Crippen molar-refractivity contribution in [3.8, 4) is 45.0 Å². The summed E-state index contributed by atoms with van der Waals surface area (Å²) in [6.07, 6.45) is 7.92. The molecule has 3 heterocycles. The number of benzene rings is 12. The van der Waals surface area contributed by atoms with E-state index in [1.807, 2.05) is 12.1 Å². The third-order valence-corrected chi connectivity index (χ3v) is 17.1. The lowest BCUT2D eigenvalue weighted by atomic mass is 9.91. The number of anilines is 5. The zero-order valence-electron chi connectivity index (χ0n) is 47.1. The molecule has 1 aliphatic rings. The van der Waals surface area contributed by atoms with Crippen LogP contribution in [0.4, 0.5) is 28.4 Å². The third kappa shape index (κ3) is 9.00. The van der Waals surface area contributed by atoms with E-state index in [0.29, 0.717) is 5.92 Å². The van der Waals surface area contributed by atoms with Gasteiger partial charge in [0.05, 0.1) is 44.5 Å². The Morgan fingerprint density at radius 2 is 0.640 bits per heavy atom. The van der Waals surface area contributed by atoms with Crippen LogP contribution in [0.25, 0.3) is 99.7 Å². The van der Waals surface area contributed by atoms with E-state index in [1.165, 1.54) is 60.3 Å². The van der Waals surface area contributed by atoms with Crippen LogP contribution in [0.15, 0.2) is 327 Å². The average molecular weight is 1100 g/mol. The Labute approximate surface area is 499 Å². The van der Waals surface area contributed by atoms with Gasteiger partial charge in [0.25, 0.3) is 0 Å². The number of allylic oxidation sites excluding steroid dienone is 3. The smallest absolute Gasteiger partial charge is 0.0973 e. The van der Waals surface area contributed by atoms with Crippen molar-refractivity contribution >= 4 is 83.1 Å². The molecule has 0 radical (unpaired) electrons. The van der Waals surface area contributed by atoms with Gasteiger partial charge in [0.15, 0.2) is 0 Å². The molecule has 86 heavy (non-hydrogen) atoms. The highest BCUT2D eigenvalue weighted by Gasteiger charge is 2.22. The van der Waals surface area contributed by atoms with Crippen LogP contribution in [0.3, 0.4) is 0 Å². The maximum atomic E-state index is 5.40. The maximum absolute atomic E-state index is 5.40. The second-order valence-corrected chi connectivity index (χ2v) is 22.1. The molecule has 0 amide bonds. The summed E-state index contributed by atoms with van der Waals surface area (Å²) in [6, 6.07) is 109. The summed E-state index contributed by atoms with van der Waals surface area (Å²) < 4.78 is 4.74. The van der Waals surface area contributed by atoms with Crippen LogP contribution >= 0.6 is 0 Å². The molecule has 3 aromatic heterocycles. The van der Waals surface area contributed by atoms with Gasteiger partial charge >= 0.3 is 0 Å². The highest BCUT2D eigenvalue weighted by molar-refractivity contribution is 6.10. The van der Waals surface area contributed by atoms with E-state index >= 15 is 0 Å². The summed E-state index contributed by atoms with van der Waals surface area (Å²) in [4.78, 5) is 15.5. The average Bonchev–Trinajstić information content (AvgIpc) is 2.78. The van der Waals surface area contributed by atoms with Gasteiger partial charge in [-0.3, -0.25) is 0 Å². The number of fused-ring (bicyclic) bond motifs is 7. The number of nitrogens with zero attached hydrogens (tertiary/aromatic N) is 6. The lowest BCUT2D eigenvalue weighted by Crippen LogP contribution is -2.17. The Morgan fingerprint density at radius 3 is 1.05 bits per heavy atom. The fourth-order valence-electron chi connectivity index (χ4n) is 12.9. The molecule has 6 nitrogen and oxygen atoms in total. The summed E-state index contributed by atoms with van der Waals surface area (Å²) in [5.41, 5.74) is 22.3. The standard InChI is InChI=1S/C80H56N6/c1-3-17-55(18-4-1)57-31-39-61(40-32-57)83(65-47-51-67(52-48-65)85-75-27-13-7-21-69(75)70-22-8-14-28-76(70)85)63-43-35-59(36-44-63)79-80(82-74-26-12-11-25-73(74)81-79)60-37-45-64(46-38-60)84(62-41-33-58(34-42-62)56-19-5-2-6-20-56)66-49-53-68(54-50-66)86-77-29-15-9-23-71(77)72-24-10-16-30-78(72)86/h1-33,35-54,58H,34H2. The third-order valence-electron chi connectivity index (χ3n) is 17.1. The van der Waals surface area contributed by atoms with Gasteiger partial charge in [-0.25, -0.2) is 9.97 Å². The van der Waals surface area contributed by atoms with Crippen molar-refractivity contribution in [2.45, 2.75) is 12.3 Å². The van der Waals surface area contributed by atoms with Crippen molar-refractivity contribution in [3.05, 3.63) is 333 Å². The second kappa shape index (κ2) is 21.4. The molecule has 1 aliphatic carbocycles. The van der Waals surface area contributed by atoms with Crippen LogP contribution < -0.4 is 9.80 Å². The second-order valence-electron chi connectivity index (χ2n) is 22.1. The topological polar surface area (TPSA) is 42.1 Å². The van der Waals surface area contributed by atoms with E-state index < -0.39 is 0 Å². The first kappa shape index (κ1) is 50.4. The molecule has 1 atom stereocenters. The SMILES string of the molecule is C1=CC(c2ccccc2)CC=C1N(c1ccc(-c2nc3ccccc3nc2-c2ccc(N(c3ccc(-c4ccccc4)cc3)c3ccc(-n4c5ccccc5c5ccccc54)cc3)cc2)cc1)c1ccc(-n2c3ccccc3c3ccccc32)cc1. The first-order valence-corrected chi connectivity index (χ1v) is 29.5. The van der Waals surface area contributed by atoms with Gasteiger partial charge in [0, 0.05) is 84.1 Å².